The minimum Gasteiger partial charge on any atom is -0.368 e. The number of para-hydroxylation sites is 1. The Morgan fingerprint density at radius 2 is 1.77 bits per heavy atom. The number of hydrogen-bond donors (Lipinski definition) is 3. The zero-order chi connectivity index (χ0) is 30.3. The number of rotatable bonds is 9. The molecule has 7 nitrogen and oxygen atoms in total. The molecule has 9 heteroatoms. The fourth-order valence-electron chi connectivity index (χ4n) is 6.24. The van der Waals surface area contributed by atoms with E-state index in [1.165, 1.54) is 23.0 Å². The second kappa shape index (κ2) is 14.5. The molecular weight excluding hydrogens is 577 g/mol. The van der Waals surface area contributed by atoms with Crippen molar-refractivity contribution in [1.29, 1.82) is 0 Å². The maximum Gasteiger partial charge on any atom is 0.252 e. The number of anilines is 3. The predicted molar refractivity (Wildman–Crippen MR) is 181 cm³/mol. The third kappa shape index (κ3) is 8.06. The van der Waals surface area contributed by atoms with Crippen LogP contribution in [0.3, 0.4) is 0 Å². The fourth-order valence-corrected chi connectivity index (χ4v) is 7.48. The maximum atomic E-state index is 13.5. The second-order valence-electron chi connectivity index (χ2n) is 11.8. The number of ketones is 1. The molecule has 1 saturated carbocycles. The van der Waals surface area contributed by atoms with Crippen molar-refractivity contribution in [3.63, 3.8) is 0 Å². The molecule has 3 aliphatic rings. The topological polar surface area (TPSA) is 81.8 Å². The van der Waals surface area contributed by atoms with Gasteiger partial charge in [0.25, 0.3) is 11.8 Å². The number of hydrogen-bond acceptors (Lipinski definition) is 7. The normalized spacial score (nSPS) is 20.8. The number of nitrogens with one attached hydrogen (secondary N) is 2. The summed E-state index contributed by atoms with van der Waals surface area (Å²) < 4.78 is 0.880. The average Bonchev–Trinajstić information content (AvgIpc) is 2.99. The third-order valence-corrected chi connectivity index (χ3v) is 9.91. The molecule has 2 fully saturated rings. The van der Waals surface area contributed by atoms with Gasteiger partial charge >= 0.3 is 0 Å². The molecule has 2 N–H and O–H groups in total. The number of thiol groups is 1. The Balaban J connectivity index is 1.28. The zero-order valence-electron chi connectivity index (χ0n) is 25.1. The molecule has 2 atom stereocenters. The molecular formula is C34H42N4O3S2. The Labute approximate surface area is 265 Å². The van der Waals surface area contributed by atoms with Crippen molar-refractivity contribution >= 4 is 59.1 Å². The van der Waals surface area contributed by atoms with Gasteiger partial charge in [-0.1, -0.05) is 43.0 Å². The van der Waals surface area contributed by atoms with E-state index in [4.69, 9.17) is 0 Å². The van der Waals surface area contributed by atoms with Gasteiger partial charge in [-0.3, -0.25) is 14.4 Å². The summed E-state index contributed by atoms with van der Waals surface area (Å²) in [6.45, 7) is 8.01. The number of carbonyl (C=O) groups is 3. The number of Topliss-reactive ketones (excluding diaryl/α,β-unsaturated/α-hetero) is 1. The van der Waals surface area contributed by atoms with Gasteiger partial charge in [0.05, 0.1) is 11.4 Å². The molecule has 228 valence electrons. The van der Waals surface area contributed by atoms with Crippen molar-refractivity contribution < 1.29 is 14.4 Å². The van der Waals surface area contributed by atoms with Crippen LogP contribution in [0.25, 0.3) is 0 Å². The fraction of sp³-hybridized carbons (Fsp3) is 0.441. The van der Waals surface area contributed by atoms with Crippen LogP contribution in [0.2, 0.25) is 0 Å². The zero-order valence-corrected chi connectivity index (χ0v) is 26.8. The molecule has 2 aliphatic heterocycles. The predicted octanol–water partition coefficient (Wildman–Crippen LogP) is 6.57. The number of piperazine rings is 1. The highest BCUT2D eigenvalue weighted by Crippen LogP contribution is 2.35. The van der Waals surface area contributed by atoms with Gasteiger partial charge in [0, 0.05) is 72.5 Å². The quantitative estimate of drug-likeness (QED) is 0.218. The molecule has 43 heavy (non-hydrogen) atoms. The molecule has 2 amide bonds. The van der Waals surface area contributed by atoms with Crippen LogP contribution in [0.15, 0.2) is 63.8 Å². The van der Waals surface area contributed by atoms with Crippen molar-refractivity contribution in [2.75, 3.05) is 47.8 Å². The average molecular weight is 619 g/mol. The number of nitrogens with zero attached hydrogens (tertiary/aromatic N) is 2. The Morgan fingerprint density at radius 1 is 1.02 bits per heavy atom. The van der Waals surface area contributed by atoms with E-state index in [1.807, 2.05) is 30.5 Å². The molecule has 2 aromatic carbocycles. The van der Waals surface area contributed by atoms with E-state index in [1.54, 1.807) is 6.07 Å². The lowest BCUT2D eigenvalue weighted by Gasteiger charge is -2.38. The first kappa shape index (κ1) is 31.3. The lowest BCUT2D eigenvalue weighted by molar-refractivity contribution is -0.121. The van der Waals surface area contributed by atoms with Crippen molar-refractivity contribution in [3.8, 4) is 0 Å². The van der Waals surface area contributed by atoms with Gasteiger partial charge in [-0.05, 0) is 73.8 Å². The summed E-state index contributed by atoms with van der Waals surface area (Å²) in [6.07, 6.45) is 7.25. The molecule has 1 aliphatic carbocycles. The minimum atomic E-state index is -0.170. The molecule has 1 saturated heterocycles. The van der Waals surface area contributed by atoms with Gasteiger partial charge in [0.2, 0.25) is 0 Å². The summed E-state index contributed by atoms with van der Waals surface area (Å²) in [5.74, 6) is 0.422. The van der Waals surface area contributed by atoms with E-state index in [0.717, 1.165) is 61.8 Å². The SMILES string of the molecule is Cc1ccccc1N1CCN(c2ccc(C(=O)NCCC[C@@H]3CCCC(=O)C3)cc2NC(=O)C2=CSC(S)=C[C@@H]2C)CC1. The van der Waals surface area contributed by atoms with Crippen LogP contribution >= 0.6 is 24.4 Å². The number of allylic oxidation sites excluding steroid dienone is 1. The van der Waals surface area contributed by atoms with Crippen LogP contribution < -0.4 is 20.4 Å². The Kier molecular flexibility index (Phi) is 10.6. The first-order valence-corrected chi connectivity index (χ1v) is 16.7. The summed E-state index contributed by atoms with van der Waals surface area (Å²) >= 11 is 5.87. The monoisotopic (exact) mass is 618 g/mol. The number of carbonyl (C=O) groups excluding carboxylic acids is 3. The van der Waals surface area contributed by atoms with Gasteiger partial charge < -0.3 is 20.4 Å². The van der Waals surface area contributed by atoms with Crippen LogP contribution in [0.1, 0.15) is 61.4 Å². The Hall–Kier alpha value is -3.17. The number of thioether (sulfide) groups is 1. The molecule has 2 aromatic rings. The van der Waals surface area contributed by atoms with E-state index in [-0.39, 0.29) is 17.7 Å². The van der Waals surface area contributed by atoms with Crippen LogP contribution in [-0.4, -0.2) is 50.3 Å². The first-order chi connectivity index (χ1) is 20.8. The largest absolute Gasteiger partial charge is 0.368 e. The Bertz CT molecular complexity index is 1410. The number of aryl methyl sites for hydroxylation is 1. The van der Waals surface area contributed by atoms with E-state index in [2.05, 4.69) is 64.3 Å². The molecule has 5 rings (SSSR count). The lowest BCUT2D eigenvalue weighted by atomic mass is 9.85. The number of amides is 2. The van der Waals surface area contributed by atoms with Crippen LogP contribution in [0.4, 0.5) is 17.1 Å². The highest BCUT2D eigenvalue weighted by molar-refractivity contribution is 8.17. The summed E-state index contributed by atoms with van der Waals surface area (Å²) in [5, 5.41) is 8.05. The molecule has 0 bridgehead atoms. The highest BCUT2D eigenvalue weighted by Gasteiger charge is 2.25. The second-order valence-corrected chi connectivity index (χ2v) is 13.5. The molecule has 0 unspecified atom stereocenters. The third-order valence-electron chi connectivity index (χ3n) is 8.69. The Morgan fingerprint density at radius 3 is 2.49 bits per heavy atom. The lowest BCUT2D eigenvalue weighted by Crippen LogP contribution is -2.47. The van der Waals surface area contributed by atoms with Gasteiger partial charge in [-0.2, -0.15) is 0 Å². The van der Waals surface area contributed by atoms with Gasteiger partial charge in [-0.15, -0.1) is 12.6 Å². The first-order valence-electron chi connectivity index (χ1n) is 15.4. The van der Waals surface area contributed by atoms with E-state index >= 15 is 0 Å². The molecule has 0 radical (unpaired) electrons. The van der Waals surface area contributed by atoms with Gasteiger partial charge in [-0.25, -0.2) is 0 Å². The molecule has 0 aromatic heterocycles. The van der Waals surface area contributed by atoms with Crippen molar-refractivity contribution in [1.82, 2.24) is 5.32 Å². The van der Waals surface area contributed by atoms with E-state index in [0.29, 0.717) is 47.9 Å². The highest BCUT2D eigenvalue weighted by atomic mass is 32.2. The molecule has 0 spiro atoms. The maximum absolute atomic E-state index is 13.5. The number of benzene rings is 2. The summed E-state index contributed by atoms with van der Waals surface area (Å²) in [5.41, 5.74) is 5.26. The van der Waals surface area contributed by atoms with Crippen LogP contribution in [0.5, 0.6) is 0 Å². The van der Waals surface area contributed by atoms with E-state index < -0.39 is 0 Å². The van der Waals surface area contributed by atoms with Crippen LogP contribution in [-0.2, 0) is 9.59 Å². The smallest absolute Gasteiger partial charge is 0.252 e. The van der Waals surface area contributed by atoms with Crippen molar-refractivity contribution in [2.45, 2.75) is 52.4 Å². The minimum absolute atomic E-state index is 0.0548. The summed E-state index contributed by atoms with van der Waals surface area (Å²) in [4.78, 5) is 43.1. The van der Waals surface area contributed by atoms with Gasteiger partial charge in [0.15, 0.2) is 0 Å². The summed E-state index contributed by atoms with van der Waals surface area (Å²) in [7, 11) is 0. The van der Waals surface area contributed by atoms with Crippen molar-refractivity contribution in [3.05, 3.63) is 74.9 Å². The van der Waals surface area contributed by atoms with Gasteiger partial charge in [0.1, 0.15) is 5.78 Å². The summed E-state index contributed by atoms with van der Waals surface area (Å²) in [6, 6.07) is 14.1. The standard InChI is InChI=1S/C34H42N4O3S2/c1-23-7-3-4-11-30(23)37-15-17-38(18-16-37)31-13-12-26(33(40)35-14-6-9-25-8-5-10-27(39)20-25)21-29(31)36-34(41)28-22-43-32(42)19-24(28)2/h3-4,7,11-13,19,21-22,24-25,42H,5-6,8-10,14-18,20H2,1-2H3,(H,35,40)(H,36,41)/t24-,25-/m0/s1. The molecule has 2 heterocycles. The van der Waals surface area contributed by atoms with Crippen molar-refractivity contribution in [2.24, 2.45) is 11.8 Å². The van der Waals surface area contributed by atoms with Crippen LogP contribution in [0, 0.1) is 18.8 Å². The van der Waals surface area contributed by atoms with E-state index in [9.17, 15) is 14.4 Å².